The number of sulfonamides is 1. The summed E-state index contributed by atoms with van der Waals surface area (Å²) in [6.07, 6.45) is 1.42. The molecule has 0 fully saturated rings. The third-order valence-corrected chi connectivity index (χ3v) is 4.87. The maximum Gasteiger partial charge on any atom is 0.257 e. The van der Waals surface area contributed by atoms with Crippen LogP contribution in [0.15, 0.2) is 30.5 Å². The van der Waals surface area contributed by atoms with Crippen molar-refractivity contribution >= 4 is 39.0 Å². The second-order valence-corrected chi connectivity index (χ2v) is 7.61. The molecule has 0 saturated heterocycles. The van der Waals surface area contributed by atoms with E-state index < -0.39 is 38.9 Å². The van der Waals surface area contributed by atoms with Gasteiger partial charge >= 0.3 is 0 Å². The van der Waals surface area contributed by atoms with Gasteiger partial charge in [0.05, 0.1) is 17.0 Å². The minimum atomic E-state index is -3.80. The summed E-state index contributed by atoms with van der Waals surface area (Å²) in [5.41, 5.74) is -1.30. The average Bonchev–Trinajstić information content (AvgIpc) is 2.61. The summed E-state index contributed by atoms with van der Waals surface area (Å²) >= 11 is 0. The Hall–Kier alpha value is -3.08. The molecule has 1 aromatic carbocycles. The van der Waals surface area contributed by atoms with E-state index in [-0.39, 0.29) is 23.0 Å². The number of benzene rings is 1. The number of hydrogen-bond acceptors (Lipinski definition) is 5. The smallest absolute Gasteiger partial charge is 0.257 e. The molecule has 2 aromatic rings. The Bertz CT molecular complexity index is 995. The summed E-state index contributed by atoms with van der Waals surface area (Å²) in [6, 6.07) is 4.41. The molecule has 11 heteroatoms. The lowest BCUT2D eigenvalue weighted by Gasteiger charge is -2.13. The van der Waals surface area contributed by atoms with Crippen molar-refractivity contribution in [1.82, 2.24) is 4.98 Å². The SMILES string of the molecule is CCCS(=O)(=O)Nc1ccc(F)c(NC(=O)c2ccc(NC(C)=O)nc2)c1F. The number of amides is 2. The molecule has 150 valence electrons. The summed E-state index contributed by atoms with van der Waals surface area (Å²) in [5.74, 6) is -3.58. The van der Waals surface area contributed by atoms with Gasteiger partial charge in [-0.1, -0.05) is 6.92 Å². The number of carbonyl (C=O) groups is 2. The zero-order chi connectivity index (χ0) is 20.9. The van der Waals surface area contributed by atoms with Crippen LogP contribution < -0.4 is 15.4 Å². The van der Waals surface area contributed by atoms with Crippen LogP contribution in [-0.4, -0.2) is 31.0 Å². The molecule has 0 saturated carbocycles. The number of rotatable bonds is 7. The lowest BCUT2D eigenvalue weighted by molar-refractivity contribution is -0.114. The highest BCUT2D eigenvalue weighted by Crippen LogP contribution is 2.27. The minimum Gasteiger partial charge on any atom is -0.317 e. The zero-order valence-electron chi connectivity index (χ0n) is 15.0. The molecule has 0 aliphatic carbocycles. The van der Waals surface area contributed by atoms with Gasteiger partial charge in [0.15, 0.2) is 5.82 Å². The molecule has 28 heavy (non-hydrogen) atoms. The third kappa shape index (κ3) is 5.46. The first kappa shape index (κ1) is 21.2. The Morgan fingerprint density at radius 1 is 1.11 bits per heavy atom. The van der Waals surface area contributed by atoms with Crippen molar-refractivity contribution in [2.75, 3.05) is 21.1 Å². The lowest BCUT2D eigenvalue weighted by atomic mass is 10.2. The summed E-state index contributed by atoms with van der Waals surface area (Å²) in [7, 11) is -3.80. The van der Waals surface area contributed by atoms with E-state index in [1.807, 2.05) is 4.72 Å². The molecule has 0 radical (unpaired) electrons. The van der Waals surface area contributed by atoms with Crippen molar-refractivity contribution in [2.45, 2.75) is 20.3 Å². The highest BCUT2D eigenvalue weighted by molar-refractivity contribution is 7.92. The van der Waals surface area contributed by atoms with Gasteiger partial charge in [-0.15, -0.1) is 0 Å². The summed E-state index contributed by atoms with van der Waals surface area (Å²) in [5, 5.41) is 4.47. The number of pyridine rings is 1. The molecule has 0 aliphatic heterocycles. The predicted octanol–water partition coefficient (Wildman–Crippen LogP) is 2.72. The quantitative estimate of drug-likeness (QED) is 0.646. The van der Waals surface area contributed by atoms with Crippen LogP contribution in [0.2, 0.25) is 0 Å². The molecular formula is C17H18F2N4O4S. The van der Waals surface area contributed by atoms with Crippen LogP contribution in [0.3, 0.4) is 0 Å². The van der Waals surface area contributed by atoms with Crippen LogP contribution in [-0.2, 0) is 14.8 Å². The van der Waals surface area contributed by atoms with Crippen LogP contribution in [0.25, 0.3) is 0 Å². The van der Waals surface area contributed by atoms with Gasteiger partial charge in [0.1, 0.15) is 17.3 Å². The molecule has 0 bridgehead atoms. The van der Waals surface area contributed by atoms with Crippen LogP contribution in [0, 0.1) is 11.6 Å². The van der Waals surface area contributed by atoms with Gasteiger partial charge < -0.3 is 10.6 Å². The van der Waals surface area contributed by atoms with Crippen LogP contribution >= 0.6 is 0 Å². The normalized spacial score (nSPS) is 11.0. The molecule has 8 nitrogen and oxygen atoms in total. The fraction of sp³-hybridized carbons (Fsp3) is 0.235. The van der Waals surface area contributed by atoms with Crippen molar-refractivity contribution in [2.24, 2.45) is 0 Å². The molecule has 3 N–H and O–H groups in total. The van der Waals surface area contributed by atoms with Crippen LogP contribution in [0.4, 0.5) is 26.0 Å². The van der Waals surface area contributed by atoms with E-state index in [9.17, 15) is 26.8 Å². The van der Waals surface area contributed by atoms with Gasteiger partial charge in [-0.2, -0.15) is 0 Å². The third-order valence-electron chi connectivity index (χ3n) is 3.40. The predicted molar refractivity (Wildman–Crippen MR) is 101 cm³/mol. The van der Waals surface area contributed by atoms with Gasteiger partial charge in [0.2, 0.25) is 15.9 Å². The van der Waals surface area contributed by atoms with Gasteiger partial charge in [-0.3, -0.25) is 14.3 Å². The molecule has 0 aliphatic rings. The van der Waals surface area contributed by atoms with Crippen molar-refractivity contribution in [3.05, 3.63) is 47.7 Å². The van der Waals surface area contributed by atoms with Gasteiger partial charge in [-0.05, 0) is 30.7 Å². The topological polar surface area (TPSA) is 117 Å². The number of nitrogens with zero attached hydrogens (tertiary/aromatic N) is 1. The lowest BCUT2D eigenvalue weighted by Crippen LogP contribution is -2.19. The number of aromatic nitrogens is 1. The van der Waals surface area contributed by atoms with E-state index in [4.69, 9.17) is 0 Å². The highest BCUT2D eigenvalue weighted by Gasteiger charge is 2.20. The van der Waals surface area contributed by atoms with E-state index >= 15 is 0 Å². The molecule has 1 heterocycles. The van der Waals surface area contributed by atoms with E-state index in [0.29, 0.717) is 6.42 Å². The molecule has 2 amide bonds. The minimum absolute atomic E-state index is 0.0233. The zero-order valence-corrected chi connectivity index (χ0v) is 15.9. The van der Waals surface area contributed by atoms with Crippen LogP contribution in [0.5, 0.6) is 0 Å². The highest BCUT2D eigenvalue weighted by atomic mass is 32.2. The Morgan fingerprint density at radius 2 is 1.82 bits per heavy atom. The Kier molecular flexibility index (Phi) is 6.62. The average molecular weight is 412 g/mol. The number of anilines is 3. The molecule has 0 spiro atoms. The summed E-state index contributed by atoms with van der Waals surface area (Å²) < 4.78 is 54.2. The van der Waals surface area contributed by atoms with Gasteiger partial charge in [-0.25, -0.2) is 22.2 Å². The van der Waals surface area contributed by atoms with Gasteiger partial charge in [0, 0.05) is 13.1 Å². The molecule has 1 aromatic heterocycles. The molecule has 0 unspecified atom stereocenters. The van der Waals surface area contributed by atoms with E-state index in [2.05, 4.69) is 15.6 Å². The molecule has 2 rings (SSSR count). The van der Waals surface area contributed by atoms with E-state index in [1.54, 1.807) is 6.92 Å². The van der Waals surface area contributed by atoms with Crippen molar-refractivity contribution in [3.63, 3.8) is 0 Å². The van der Waals surface area contributed by atoms with E-state index in [1.165, 1.54) is 19.1 Å². The van der Waals surface area contributed by atoms with Crippen molar-refractivity contribution < 1.29 is 26.8 Å². The first-order valence-corrected chi connectivity index (χ1v) is 9.81. The second-order valence-electron chi connectivity index (χ2n) is 5.77. The maximum absolute atomic E-state index is 14.5. The monoisotopic (exact) mass is 412 g/mol. The van der Waals surface area contributed by atoms with E-state index in [0.717, 1.165) is 18.3 Å². The first-order valence-electron chi connectivity index (χ1n) is 8.16. The summed E-state index contributed by atoms with van der Waals surface area (Å²) in [6.45, 7) is 2.92. The fourth-order valence-corrected chi connectivity index (χ4v) is 3.33. The Balaban J connectivity index is 2.24. The Labute approximate surface area is 160 Å². The number of carbonyl (C=O) groups excluding carboxylic acids is 2. The standard InChI is InChI=1S/C17H18F2N4O4S/c1-3-8-28(26,27)23-13-6-5-12(18)16(15(13)19)22-17(25)11-4-7-14(20-9-11)21-10(2)24/h4-7,9,23H,3,8H2,1-2H3,(H,22,25)(H,20,21,24). The molecular weight excluding hydrogens is 394 g/mol. The Morgan fingerprint density at radius 3 is 2.39 bits per heavy atom. The maximum atomic E-state index is 14.5. The number of hydrogen-bond donors (Lipinski definition) is 3. The largest absolute Gasteiger partial charge is 0.317 e. The second kappa shape index (κ2) is 8.74. The first-order chi connectivity index (χ1) is 13.1. The van der Waals surface area contributed by atoms with Crippen LogP contribution in [0.1, 0.15) is 30.6 Å². The van der Waals surface area contributed by atoms with Crippen molar-refractivity contribution in [3.8, 4) is 0 Å². The van der Waals surface area contributed by atoms with Crippen molar-refractivity contribution in [1.29, 1.82) is 0 Å². The van der Waals surface area contributed by atoms with Gasteiger partial charge in [0.25, 0.3) is 5.91 Å². The molecule has 0 atom stereocenters. The summed E-state index contributed by atoms with van der Waals surface area (Å²) in [4.78, 5) is 27.0. The fourth-order valence-electron chi connectivity index (χ4n) is 2.20. The number of nitrogens with one attached hydrogen (secondary N) is 3. The number of halogens is 2.